The maximum absolute atomic E-state index is 11.0. The number of hydrogen-bond acceptors (Lipinski definition) is 4. The molecular formula is C10H21NO3. The van der Waals surface area contributed by atoms with Gasteiger partial charge in [-0.3, -0.25) is 4.79 Å². The molecule has 2 N–H and O–H groups in total. The lowest BCUT2D eigenvalue weighted by atomic mass is 10.1. The average molecular weight is 203 g/mol. The first-order chi connectivity index (χ1) is 6.35. The second-order valence-corrected chi connectivity index (χ2v) is 4.29. The summed E-state index contributed by atoms with van der Waals surface area (Å²) in [6.07, 6.45) is -0.620. The summed E-state index contributed by atoms with van der Waals surface area (Å²) in [7, 11) is 0. The Bertz CT molecular complexity index is 175. The number of β-amino-alcohol motifs (C(OH)–C–C–N with tert-alkyl or cyclic N) is 1. The minimum atomic E-state index is -0.673. The summed E-state index contributed by atoms with van der Waals surface area (Å²) < 4.78 is 4.72. The number of aliphatic hydroxyl groups excluding tert-OH is 1. The Morgan fingerprint density at radius 3 is 2.50 bits per heavy atom. The third-order valence-electron chi connectivity index (χ3n) is 1.58. The van der Waals surface area contributed by atoms with Crippen LogP contribution < -0.4 is 5.32 Å². The maximum Gasteiger partial charge on any atom is 0.308 e. The molecule has 0 heterocycles. The van der Waals surface area contributed by atoms with Crippen molar-refractivity contribution in [2.45, 2.75) is 45.8 Å². The molecule has 0 rings (SSSR count). The molecule has 0 saturated carbocycles. The molecule has 0 amide bonds. The van der Waals surface area contributed by atoms with Crippen LogP contribution in [0.15, 0.2) is 0 Å². The van der Waals surface area contributed by atoms with E-state index in [1.165, 1.54) is 0 Å². The van der Waals surface area contributed by atoms with Crippen molar-refractivity contribution in [3.8, 4) is 0 Å². The van der Waals surface area contributed by atoms with E-state index in [1.807, 2.05) is 20.8 Å². The Hall–Kier alpha value is -0.610. The smallest absolute Gasteiger partial charge is 0.308 e. The van der Waals surface area contributed by atoms with Gasteiger partial charge in [0.05, 0.1) is 19.1 Å². The number of esters is 1. The number of hydrogen-bond donors (Lipinski definition) is 2. The number of carbonyl (C=O) groups is 1. The van der Waals surface area contributed by atoms with Crippen molar-refractivity contribution in [1.82, 2.24) is 5.32 Å². The molecule has 0 aliphatic carbocycles. The van der Waals surface area contributed by atoms with Gasteiger partial charge in [-0.25, -0.2) is 0 Å². The van der Waals surface area contributed by atoms with Crippen LogP contribution in [0.4, 0.5) is 0 Å². The van der Waals surface area contributed by atoms with Crippen molar-refractivity contribution in [2.75, 3.05) is 13.2 Å². The Labute approximate surface area is 85.6 Å². The molecule has 0 aliphatic heterocycles. The van der Waals surface area contributed by atoms with Gasteiger partial charge in [0.1, 0.15) is 0 Å². The van der Waals surface area contributed by atoms with Gasteiger partial charge in [-0.05, 0) is 27.7 Å². The van der Waals surface area contributed by atoms with Crippen molar-refractivity contribution < 1.29 is 14.6 Å². The highest BCUT2D eigenvalue weighted by molar-refractivity contribution is 5.69. The van der Waals surface area contributed by atoms with Crippen LogP contribution in [0.25, 0.3) is 0 Å². The summed E-state index contributed by atoms with van der Waals surface area (Å²) in [6, 6.07) is 0. The van der Waals surface area contributed by atoms with Gasteiger partial charge in [0.15, 0.2) is 0 Å². The minimum absolute atomic E-state index is 0.0460. The van der Waals surface area contributed by atoms with Crippen molar-refractivity contribution in [2.24, 2.45) is 0 Å². The SMILES string of the molecule is CCOC(=O)CC(O)CNC(C)(C)C. The van der Waals surface area contributed by atoms with Crippen molar-refractivity contribution in [1.29, 1.82) is 0 Å². The molecule has 0 bridgehead atoms. The standard InChI is InChI=1S/C10H21NO3/c1-5-14-9(13)6-8(12)7-11-10(2,3)4/h8,11-12H,5-7H2,1-4H3. The zero-order valence-electron chi connectivity index (χ0n) is 9.46. The van der Waals surface area contributed by atoms with Gasteiger partial charge in [-0.15, -0.1) is 0 Å². The Balaban J connectivity index is 3.65. The number of aliphatic hydroxyl groups is 1. The predicted molar refractivity (Wildman–Crippen MR) is 55.0 cm³/mol. The largest absolute Gasteiger partial charge is 0.466 e. The Kier molecular flexibility index (Phi) is 5.72. The molecule has 0 saturated heterocycles. The summed E-state index contributed by atoms with van der Waals surface area (Å²) in [4.78, 5) is 11.0. The highest BCUT2D eigenvalue weighted by Crippen LogP contribution is 2.00. The predicted octanol–water partition coefficient (Wildman–Crippen LogP) is 0.689. The second-order valence-electron chi connectivity index (χ2n) is 4.29. The van der Waals surface area contributed by atoms with Crippen LogP contribution >= 0.6 is 0 Å². The Morgan fingerprint density at radius 2 is 2.07 bits per heavy atom. The zero-order chi connectivity index (χ0) is 11.2. The highest BCUT2D eigenvalue weighted by Gasteiger charge is 2.15. The van der Waals surface area contributed by atoms with Gasteiger partial charge in [0.25, 0.3) is 0 Å². The topological polar surface area (TPSA) is 58.6 Å². The zero-order valence-corrected chi connectivity index (χ0v) is 9.46. The normalized spacial score (nSPS) is 13.8. The maximum atomic E-state index is 11.0. The first-order valence-corrected chi connectivity index (χ1v) is 4.94. The van der Waals surface area contributed by atoms with Gasteiger partial charge < -0.3 is 15.2 Å². The molecule has 0 aromatic heterocycles. The van der Waals surface area contributed by atoms with Crippen LogP contribution in [0.5, 0.6) is 0 Å². The second kappa shape index (κ2) is 5.98. The molecule has 4 nitrogen and oxygen atoms in total. The molecule has 0 aromatic carbocycles. The van der Waals surface area contributed by atoms with Crippen molar-refractivity contribution in [3.05, 3.63) is 0 Å². The van der Waals surface area contributed by atoms with Crippen LogP contribution in [-0.2, 0) is 9.53 Å². The fraction of sp³-hybridized carbons (Fsp3) is 0.900. The van der Waals surface area contributed by atoms with E-state index in [9.17, 15) is 9.90 Å². The molecule has 14 heavy (non-hydrogen) atoms. The van der Waals surface area contributed by atoms with Crippen molar-refractivity contribution in [3.63, 3.8) is 0 Å². The van der Waals surface area contributed by atoms with E-state index in [0.29, 0.717) is 13.2 Å². The molecule has 0 spiro atoms. The summed E-state index contributed by atoms with van der Waals surface area (Å²) in [5, 5.41) is 12.6. The average Bonchev–Trinajstić information content (AvgIpc) is 2.00. The third-order valence-corrected chi connectivity index (χ3v) is 1.58. The fourth-order valence-electron chi connectivity index (χ4n) is 0.908. The van der Waals surface area contributed by atoms with Gasteiger partial charge in [0.2, 0.25) is 0 Å². The van der Waals surface area contributed by atoms with Crippen molar-refractivity contribution >= 4 is 5.97 Å². The van der Waals surface area contributed by atoms with E-state index in [4.69, 9.17) is 4.74 Å². The number of rotatable bonds is 5. The first kappa shape index (κ1) is 13.4. The quantitative estimate of drug-likeness (QED) is 0.645. The number of carbonyl (C=O) groups excluding carboxylic acids is 1. The third kappa shape index (κ3) is 8.01. The molecule has 0 fully saturated rings. The van der Waals surface area contributed by atoms with E-state index in [1.54, 1.807) is 6.92 Å². The molecule has 84 valence electrons. The van der Waals surface area contributed by atoms with E-state index < -0.39 is 6.10 Å². The summed E-state index contributed by atoms with van der Waals surface area (Å²) in [5.41, 5.74) is -0.0460. The van der Waals surface area contributed by atoms with Crippen LogP contribution in [0.3, 0.4) is 0 Å². The van der Waals surface area contributed by atoms with E-state index >= 15 is 0 Å². The molecule has 0 aliphatic rings. The fourth-order valence-corrected chi connectivity index (χ4v) is 0.908. The Morgan fingerprint density at radius 1 is 1.50 bits per heavy atom. The van der Waals surface area contributed by atoms with Crippen LogP contribution in [0.1, 0.15) is 34.1 Å². The van der Waals surface area contributed by atoms with Gasteiger partial charge in [-0.2, -0.15) is 0 Å². The van der Waals surface area contributed by atoms with Gasteiger partial charge >= 0.3 is 5.97 Å². The molecular weight excluding hydrogens is 182 g/mol. The minimum Gasteiger partial charge on any atom is -0.466 e. The van der Waals surface area contributed by atoms with Crippen LogP contribution in [0.2, 0.25) is 0 Å². The molecule has 1 atom stereocenters. The molecule has 0 radical (unpaired) electrons. The molecule has 4 heteroatoms. The van der Waals surface area contributed by atoms with Crippen LogP contribution in [0, 0.1) is 0 Å². The monoisotopic (exact) mass is 203 g/mol. The lowest BCUT2D eigenvalue weighted by molar-refractivity contribution is -0.145. The number of nitrogens with one attached hydrogen (secondary N) is 1. The lowest BCUT2D eigenvalue weighted by Crippen LogP contribution is -2.41. The molecule has 1 unspecified atom stereocenters. The highest BCUT2D eigenvalue weighted by atomic mass is 16.5. The van der Waals surface area contributed by atoms with E-state index in [-0.39, 0.29) is 17.9 Å². The van der Waals surface area contributed by atoms with Gasteiger partial charge in [0, 0.05) is 12.1 Å². The van der Waals surface area contributed by atoms with Crippen LogP contribution in [-0.4, -0.2) is 35.9 Å². The van der Waals surface area contributed by atoms with Gasteiger partial charge in [-0.1, -0.05) is 0 Å². The number of ether oxygens (including phenoxy) is 1. The lowest BCUT2D eigenvalue weighted by Gasteiger charge is -2.22. The summed E-state index contributed by atoms with van der Waals surface area (Å²) in [6.45, 7) is 8.52. The first-order valence-electron chi connectivity index (χ1n) is 4.94. The van der Waals surface area contributed by atoms with E-state index in [0.717, 1.165) is 0 Å². The summed E-state index contributed by atoms with van der Waals surface area (Å²) >= 11 is 0. The van der Waals surface area contributed by atoms with E-state index in [2.05, 4.69) is 5.32 Å². The molecule has 0 aromatic rings. The summed E-state index contributed by atoms with van der Waals surface area (Å²) in [5.74, 6) is -0.351.